The summed E-state index contributed by atoms with van der Waals surface area (Å²) < 4.78 is 39.9. The Morgan fingerprint density at radius 2 is 1.80 bits per heavy atom. The Morgan fingerprint density at radius 3 is 2.54 bits per heavy atom. The van der Waals surface area contributed by atoms with E-state index >= 15 is 0 Å². The summed E-state index contributed by atoms with van der Waals surface area (Å²) in [6.45, 7) is 5.87. The lowest BCUT2D eigenvalue weighted by Crippen LogP contribution is -2.38. The molecule has 1 saturated heterocycles. The molecule has 1 aromatic carbocycles. The molecule has 4 rings (SSSR count). The SMILES string of the molecule is COCCNC1CCC(Nc2cc(-c3ccc(F)c(NCC4(C)CCOCC4)c3)c(F)cn2)CC1. The van der Waals surface area contributed by atoms with Gasteiger partial charge in [-0.05, 0) is 67.7 Å². The Morgan fingerprint density at radius 1 is 1.06 bits per heavy atom. The van der Waals surface area contributed by atoms with Gasteiger partial charge in [0.2, 0.25) is 0 Å². The predicted octanol–water partition coefficient (Wildman–Crippen LogP) is 5.21. The second kappa shape index (κ2) is 12.1. The maximum Gasteiger partial charge on any atom is 0.149 e. The summed E-state index contributed by atoms with van der Waals surface area (Å²) in [5, 5.41) is 10.3. The van der Waals surface area contributed by atoms with E-state index in [-0.39, 0.29) is 11.2 Å². The lowest BCUT2D eigenvalue weighted by atomic mass is 9.82. The van der Waals surface area contributed by atoms with Crippen molar-refractivity contribution in [3.05, 3.63) is 42.1 Å². The first kappa shape index (κ1) is 25.8. The van der Waals surface area contributed by atoms with Crippen LogP contribution in [0.3, 0.4) is 0 Å². The van der Waals surface area contributed by atoms with Crippen molar-refractivity contribution in [2.75, 3.05) is 50.7 Å². The van der Waals surface area contributed by atoms with Crippen LogP contribution in [0.25, 0.3) is 11.1 Å². The molecule has 0 amide bonds. The molecule has 6 nitrogen and oxygen atoms in total. The molecule has 8 heteroatoms. The predicted molar refractivity (Wildman–Crippen MR) is 136 cm³/mol. The molecule has 2 aliphatic rings. The van der Waals surface area contributed by atoms with Crippen molar-refractivity contribution in [3.8, 4) is 11.1 Å². The van der Waals surface area contributed by atoms with E-state index in [1.54, 1.807) is 25.3 Å². The maximum absolute atomic E-state index is 14.8. The van der Waals surface area contributed by atoms with Gasteiger partial charge >= 0.3 is 0 Å². The first-order valence-electron chi connectivity index (χ1n) is 12.7. The maximum atomic E-state index is 14.8. The van der Waals surface area contributed by atoms with E-state index in [9.17, 15) is 8.78 Å². The van der Waals surface area contributed by atoms with Crippen LogP contribution >= 0.6 is 0 Å². The van der Waals surface area contributed by atoms with Crippen LogP contribution in [0.1, 0.15) is 45.4 Å². The van der Waals surface area contributed by atoms with E-state index in [0.29, 0.717) is 41.3 Å². The van der Waals surface area contributed by atoms with Gasteiger partial charge < -0.3 is 25.4 Å². The minimum absolute atomic E-state index is 0.0536. The first-order chi connectivity index (χ1) is 17.0. The van der Waals surface area contributed by atoms with E-state index in [1.807, 2.05) is 0 Å². The highest BCUT2D eigenvalue weighted by atomic mass is 19.1. The van der Waals surface area contributed by atoms with Crippen LogP contribution in [0.2, 0.25) is 0 Å². The van der Waals surface area contributed by atoms with Gasteiger partial charge in [0, 0.05) is 51.1 Å². The lowest BCUT2D eigenvalue weighted by Gasteiger charge is -2.34. The molecule has 0 spiro atoms. The van der Waals surface area contributed by atoms with Gasteiger partial charge in [0.15, 0.2) is 0 Å². The van der Waals surface area contributed by atoms with Gasteiger partial charge in [-0.3, -0.25) is 0 Å². The monoisotopic (exact) mass is 488 g/mol. The zero-order valence-corrected chi connectivity index (χ0v) is 20.8. The van der Waals surface area contributed by atoms with E-state index < -0.39 is 5.82 Å². The number of ether oxygens (including phenoxy) is 2. The van der Waals surface area contributed by atoms with Crippen LogP contribution in [0.4, 0.5) is 20.3 Å². The number of anilines is 2. The van der Waals surface area contributed by atoms with E-state index in [4.69, 9.17) is 9.47 Å². The standard InChI is InChI=1S/C27H38F2N4O2/c1-27(9-12-35-13-10-27)18-32-25-15-19(3-8-23(25)28)22-16-26(31-17-24(22)29)33-21-6-4-20(5-7-21)30-11-14-34-2/h3,8,15-17,20-21,30,32H,4-7,9-14,18H2,1-2H3,(H,31,33). The minimum atomic E-state index is -0.421. The molecule has 2 aromatic rings. The van der Waals surface area contributed by atoms with Gasteiger partial charge in [0.1, 0.15) is 17.5 Å². The van der Waals surface area contributed by atoms with Crippen LogP contribution in [-0.2, 0) is 9.47 Å². The van der Waals surface area contributed by atoms with Crippen molar-refractivity contribution in [1.82, 2.24) is 10.3 Å². The molecule has 1 aliphatic carbocycles. The van der Waals surface area contributed by atoms with Gasteiger partial charge in [0.25, 0.3) is 0 Å². The van der Waals surface area contributed by atoms with Gasteiger partial charge in [-0.15, -0.1) is 0 Å². The fourth-order valence-corrected chi connectivity index (χ4v) is 4.93. The Hall–Kier alpha value is -2.29. The molecule has 0 bridgehead atoms. The largest absolute Gasteiger partial charge is 0.383 e. The van der Waals surface area contributed by atoms with E-state index in [0.717, 1.165) is 64.9 Å². The molecule has 1 aromatic heterocycles. The summed E-state index contributed by atoms with van der Waals surface area (Å²) in [6, 6.07) is 7.25. The molecule has 3 N–H and O–H groups in total. The molecule has 0 atom stereocenters. The third-order valence-corrected chi connectivity index (χ3v) is 7.36. The highest BCUT2D eigenvalue weighted by molar-refractivity contribution is 5.71. The van der Waals surface area contributed by atoms with Gasteiger partial charge in [-0.2, -0.15) is 0 Å². The van der Waals surface area contributed by atoms with Crippen LogP contribution in [0, 0.1) is 17.0 Å². The third-order valence-electron chi connectivity index (χ3n) is 7.36. The first-order valence-corrected chi connectivity index (χ1v) is 12.7. The molecule has 2 heterocycles. The molecular weight excluding hydrogens is 450 g/mol. The minimum Gasteiger partial charge on any atom is -0.383 e. The van der Waals surface area contributed by atoms with Crippen LogP contribution in [0.5, 0.6) is 0 Å². The van der Waals surface area contributed by atoms with Gasteiger partial charge in [-0.1, -0.05) is 13.0 Å². The molecule has 1 saturated carbocycles. The van der Waals surface area contributed by atoms with Crippen molar-refractivity contribution in [3.63, 3.8) is 0 Å². The second-order valence-corrected chi connectivity index (χ2v) is 10.2. The van der Waals surface area contributed by atoms with Crippen molar-refractivity contribution >= 4 is 11.5 Å². The summed E-state index contributed by atoms with van der Waals surface area (Å²) in [5.41, 5.74) is 1.48. The number of pyridine rings is 1. The molecular formula is C27H38F2N4O2. The summed E-state index contributed by atoms with van der Waals surface area (Å²) in [5.74, 6) is -0.116. The highest BCUT2D eigenvalue weighted by Crippen LogP contribution is 2.33. The van der Waals surface area contributed by atoms with Gasteiger partial charge in [0.05, 0.1) is 18.5 Å². The second-order valence-electron chi connectivity index (χ2n) is 10.2. The Kier molecular flexibility index (Phi) is 8.92. The Labute approximate surface area is 207 Å². The molecule has 2 fully saturated rings. The zero-order chi connectivity index (χ0) is 24.7. The third kappa shape index (κ3) is 7.12. The molecule has 0 unspecified atom stereocenters. The number of rotatable bonds is 10. The quantitative estimate of drug-likeness (QED) is 0.399. The number of halogens is 2. The molecule has 1 aliphatic heterocycles. The lowest BCUT2D eigenvalue weighted by molar-refractivity contribution is 0.0300. The average Bonchev–Trinajstić information content (AvgIpc) is 2.86. The summed E-state index contributed by atoms with van der Waals surface area (Å²) in [6.07, 6.45) is 7.30. The smallest absolute Gasteiger partial charge is 0.149 e. The van der Waals surface area contributed by atoms with Crippen molar-refractivity contribution in [2.24, 2.45) is 5.41 Å². The number of benzene rings is 1. The fraction of sp³-hybridized carbons (Fsp3) is 0.593. The van der Waals surface area contributed by atoms with Gasteiger partial charge in [-0.25, -0.2) is 13.8 Å². The van der Waals surface area contributed by atoms with Crippen molar-refractivity contribution in [1.29, 1.82) is 0 Å². The highest BCUT2D eigenvalue weighted by Gasteiger charge is 2.27. The summed E-state index contributed by atoms with van der Waals surface area (Å²) >= 11 is 0. The van der Waals surface area contributed by atoms with Crippen LogP contribution in [0.15, 0.2) is 30.5 Å². The number of hydrogen-bond acceptors (Lipinski definition) is 6. The number of hydrogen-bond donors (Lipinski definition) is 3. The van der Waals surface area contributed by atoms with Crippen molar-refractivity contribution in [2.45, 2.75) is 57.5 Å². The molecule has 0 radical (unpaired) electrons. The van der Waals surface area contributed by atoms with Crippen molar-refractivity contribution < 1.29 is 18.3 Å². The molecule has 35 heavy (non-hydrogen) atoms. The number of nitrogens with zero attached hydrogens (tertiary/aromatic N) is 1. The van der Waals surface area contributed by atoms with Crippen LogP contribution < -0.4 is 16.0 Å². The average molecular weight is 489 g/mol. The van der Waals surface area contributed by atoms with E-state index in [2.05, 4.69) is 27.9 Å². The van der Waals surface area contributed by atoms with E-state index in [1.165, 1.54) is 12.3 Å². The topological polar surface area (TPSA) is 67.4 Å². The number of aromatic nitrogens is 1. The summed E-state index contributed by atoms with van der Waals surface area (Å²) in [7, 11) is 1.71. The van der Waals surface area contributed by atoms with Crippen LogP contribution in [-0.4, -0.2) is 57.1 Å². The number of methoxy groups -OCH3 is 1. The Balaban J connectivity index is 1.40. The normalized spacial score (nSPS) is 22.1. The summed E-state index contributed by atoms with van der Waals surface area (Å²) in [4.78, 5) is 4.27. The fourth-order valence-electron chi connectivity index (χ4n) is 4.93. The molecule has 192 valence electrons. The Bertz CT molecular complexity index is 960. The number of nitrogens with one attached hydrogen (secondary N) is 3. The zero-order valence-electron chi connectivity index (χ0n) is 20.8.